The van der Waals surface area contributed by atoms with Crippen molar-refractivity contribution in [2.45, 2.75) is 38.8 Å². The number of aliphatic hydroxyl groups is 1. The Morgan fingerprint density at radius 3 is 2.68 bits per heavy atom. The van der Waals surface area contributed by atoms with Crippen molar-refractivity contribution in [3.63, 3.8) is 0 Å². The minimum absolute atomic E-state index is 0.211. The van der Waals surface area contributed by atoms with Gasteiger partial charge in [0, 0.05) is 37.3 Å². The van der Waals surface area contributed by atoms with Gasteiger partial charge in [-0.1, -0.05) is 37.3 Å². The lowest BCUT2D eigenvalue weighted by molar-refractivity contribution is 0.0932. The Bertz CT molecular complexity index is 722. The molecule has 0 radical (unpaired) electrons. The Kier molecular flexibility index (Phi) is 5.08. The Hall–Kier alpha value is -2.34. The van der Waals surface area contributed by atoms with Gasteiger partial charge in [-0.2, -0.15) is 5.10 Å². The highest BCUT2D eigenvalue weighted by molar-refractivity contribution is 5.74. The number of aromatic nitrogens is 2. The number of carbonyl (C=O) groups excluding carboxylic acids is 1. The van der Waals surface area contributed by atoms with Crippen LogP contribution in [0.4, 0.5) is 4.79 Å². The number of nitrogens with one attached hydrogen (secondary N) is 2. The summed E-state index contributed by atoms with van der Waals surface area (Å²) in [6, 6.07) is 9.43. The van der Waals surface area contributed by atoms with Crippen LogP contribution in [0.25, 0.3) is 0 Å². The lowest BCUT2D eigenvalue weighted by atomic mass is 9.93. The molecule has 1 aliphatic rings. The summed E-state index contributed by atoms with van der Waals surface area (Å²) in [7, 11) is 1.88. The maximum atomic E-state index is 12.1. The molecular formula is C19H26N4O2. The highest BCUT2D eigenvalue weighted by atomic mass is 16.3. The second kappa shape index (κ2) is 7.27. The van der Waals surface area contributed by atoms with Gasteiger partial charge in [0.2, 0.25) is 0 Å². The molecule has 1 heterocycles. The SMILES string of the molecule is CCc1nn(C)cc1CNC(=O)NCC1(C(O)c2ccccc2)CC1. The van der Waals surface area contributed by atoms with E-state index in [1.807, 2.05) is 50.5 Å². The Morgan fingerprint density at radius 2 is 2.04 bits per heavy atom. The summed E-state index contributed by atoms with van der Waals surface area (Å²) in [5.41, 5.74) is 2.71. The second-order valence-corrected chi connectivity index (χ2v) is 6.84. The predicted molar refractivity (Wildman–Crippen MR) is 95.9 cm³/mol. The molecule has 25 heavy (non-hydrogen) atoms. The normalized spacial score (nSPS) is 16.3. The van der Waals surface area contributed by atoms with E-state index in [1.54, 1.807) is 4.68 Å². The number of urea groups is 1. The zero-order valence-corrected chi connectivity index (χ0v) is 14.8. The molecule has 6 heteroatoms. The number of hydrogen-bond acceptors (Lipinski definition) is 3. The minimum Gasteiger partial charge on any atom is -0.388 e. The first-order valence-corrected chi connectivity index (χ1v) is 8.80. The van der Waals surface area contributed by atoms with Crippen molar-refractivity contribution in [1.29, 1.82) is 0 Å². The summed E-state index contributed by atoms with van der Waals surface area (Å²) >= 11 is 0. The average molecular weight is 342 g/mol. The van der Waals surface area contributed by atoms with Crippen molar-refractivity contribution in [3.05, 3.63) is 53.3 Å². The van der Waals surface area contributed by atoms with E-state index in [0.717, 1.165) is 36.1 Å². The van der Waals surface area contributed by atoms with Crippen molar-refractivity contribution in [1.82, 2.24) is 20.4 Å². The van der Waals surface area contributed by atoms with E-state index < -0.39 is 6.10 Å². The molecule has 1 aliphatic carbocycles. The van der Waals surface area contributed by atoms with Gasteiger partial charge >= 0.3 is 6.03 Å². The summed E-state index contributed by atoms with van der Waals surface area (Å²) in [5, 5.41) is 20.8. The highest BCUT2D eigenvalue weighted by Gasteiger charge is 2.49. The zero-order chi connectivity index (χ0) is 17.9. The molecule has 6 nitrogen and oxygen atoms in total. The monoisotopic (exact) mass is 342 g/mol. The molecular weight excluding hydrogens is 316 g/mol. The van der Waals surface area contributed by atoms with Gasteiger partial charge in [-0.15, -0.1) is 0 Å². The number of amides is 2. The number of benzene rings is 1. The van der Waals surface area contributed by atoms with Crippen LogP contribution in [0.2, 0.25) is 0 Å². The lowest BCUT2D eigenvalue weighted by Crippen LogP contribution is -2.40. The van der Waals surface area contributed by atoms with Crippen LogP contribution in [-0.4, -0.2) is 27.5 Å². The van der Waals surface area contributed by atoms with Gasteiger partial charge in [0.05, 0.1) is 11.8 Å². The third-order valence-corrected chi connectivity index (χ3v) is 4.95. The molecule has 1 unspecified atom stereocenters. The highest BCUT2D eigenvalue weighted by Crippen LogP contribution is 2.54. The van der Waals surface area contributed by atoms with E-state index in [2.05, 4.69) is 15.7 Å². The van der Waals surface area contributed by atoms with E-state index in [4.69, 9.17) is 0 Å². The number of carbonyl (C=O) groups is 1. The molecule has 3 rings (SSSR count). The molecule has 0 bridgehead atoms. The van der Waals surface area contributed by atoms with Crippen molar-refractivity contribution in [2.24, 2.45) is 12.5 Å². The fraction of sp³-hybridized carbons (Fsp3) is 0.474. The number of hydrogen-bond donors (Lipinski definition) is 3. The standard InChI is InChI=1S/C19H26N4O2/c1-3-16-15(12-23(2)22-16)11-20-18(25)21-13-19(9-10-19)17(24)14-7-5-4-6-8-14/h4-8,12,17,24H,3,9-11,13H2,1-2H3,(H2,20,21,25). The number of aliphatic hydroxyl groups excluding tert-OH is 1. The van der Waals surface area contributed by atoms with Crippen molar-refractivity contribution in [3.8, 4) is 0 Å². The van der Waals surface area contributed by atoms with Crippen LogP contribution in [-0.2, 0) is 20.0 Å². The molecule has 1 aromatic carbocycles. The molecule has 0 aliphatic heterocycles. The predicted octanol–water partition coefficient (Wildman–Crippen LogP) is 2.30. The summed E-state index contributed by atoms with van der Waals surface area (Å²) in [5.74, 6) is 0. The smallest absolute Gasteiger partial charge is 0.315 e. The summed E-state index contributed by atoms with van der Waals surface area (Å²) in [4.78, 5) is 12.1. The van der Waals surface area contributed by atoms with E-state index in [-0.39, 0.29) is 11.4 Å². The molecule has 1 fully saturated rings. The molecule has 0 spiro atoms. The summed E-state index contributed by atoms with van der Waals surface area (Å²) in [6.45, 7) is 2.98. The van der Waals surface area contributed by atoms with Crippen LogP contribution in [0.3, 0.4) is 0 Å². The molecule has 1 saturated carbocycles. The zero-order valence-electron chi connectivity index (χ0n) is 14.8. The van der Waals surface area contributed by atoms with Crippen LogP contribution in [0, 0.1) is 5.41 Å². The van der Waals surface area contributed by atoms with E-state index >= 15 is 0 Å². The maximum absolute atomic E-state index is 12.1. The summed E-state index contributed by atoms with van der Waals surface area (Å²) in [6.07, 6.45) is 4.07. The van der Waals surface area contributed by atoms with Gasteiger partial charge in [0.25, 0.3) is 0 Å². The van der Waals surface area contributed by atoms with Gasteiger partial charge in [0.1, 0.15) is 0 Å². The van der Waals surface area contributed by atoms with Crippen molar-refractivity contribution < 1.29 is 9.90 Å². The first-order chi connectivity index (χ1) is 12.0. The largest absolute Gasteiger partial charge is 0.388 e. The van der Waals surface area contributed by atoms with Crippen LogP contribution >= 0.6 is 0 Å². The van der Waals surface area contributed by atoms with Gasteiger partial charge in [0.15, 0.2) is 0 Å². The minimum atomic E-state index is -0.543. The second-order valence-electron chi connectivity index (χ2n) is 6.84. The van der Waals surface area contributed by atoms with Crippen molar-refractivity contribution >= 4 is 6.03 Å². The molecule has 2 amide bonds. The number of aryl methyl sites for hydroxylation is 2. The Balaban J connectivity index is 1.50. The van der Waals surface area contributed by atoms with Gasteiger partial charge < -0.3 is 15.7 Å². The first-order valence-electron chi connectivity index (χ1n) is 8.80. The summed E-state index contributed by atoms with van der Waals surface area (Å²) < 4.78 is 1.77. The Morgan fingerprint density at radius 1 is 1.32 bits per heavy atom. The average Bonchev–Trinajstić information content (AvgIpc) is 3.34. The molecule has 2 aromatic rings. The van der Waals surface area contributed by atoms with Crippen molar-refractivity contribution in [2.75, 3.05) is 6.54 Å². The molecule has 0 saturated heterocycles. The topological polar surface area (TPSA) is 79.2 Å². The van der Waals surface area contributed by atoms with E-state index in [9.17, 15) is 9.90 Å². The molecule has 1 aromatic heterocycles. The molecule has 3 N–H and O–H groups in total. The third-order valence-electron chi connectivity index (χ3n) is 4.95. The van der Waals surface area contributed by atoms with Gasteiger partial charge in [-0.25, -0.2) is 4.79 Å². The molecule has 134 valence electrons. The molecule has 1 atom stereocenters. The number of nitrogens with zero attached hydrogens (tertiary/aromatic N) is 2. The van der Waals surface area contributed by atoms with Gasteiger partial charge in [-0.05, 0) is 24.8 Å². The van der Waals surface area contributed by atoms with Crippen LogP contribution < -0.4 is 10.6 Å². The van der Waals surface area contributed by atoms with E-state index in [1.165, 1.54) is 0 Å². The van der Waals surface area contributed by atoms with Gasteiger partial charge in [-0.3, -0.25) is 4.68 Å². The van der Waals surface area contributed by atoms with Crippen LogP contribution in [0.5, 0.6) is 0 Å². The van der Waals surface area contributed by atoms with Crippen LogP contribution in [0.15, 0.2) is 36.5 Å². The third kappa shape index (κ3) is 4.02. The van der Waals surface area contributed by atoms with E-state index in [0.29, 0.717) is 13.1 Å². The maximum Gasteiger partial charge on any atom is 0.315 e. The van der Waals surface area contributed by atoms with Crippen LogP contribution in [0.1, 0.15) is 42.7 Å². The number of rotatable bonds is 7. The quantitative estimate of drug-likeness (QED) is 0.722. The lowest BCUT2D eigenvalue weighted by Gasteiger charge is -2.23. The Labute approximate surface area is 148 Å². The fourth-order valence-corrected chi connectivity index (χ4v) is 3.22. The fourth-order valence-electron chi connectivity index (χ4n) is 3.22. The first kappa shape index (κ1) is 17.5.